The number of aromatic nitrogens is 1. The van der Waals surface area contributed by atoms with Gasteiger partial charge in [0, 0.05) is 5.56 Å². The molecule has 3 nitrogen and oxygen atoms in total. The molecule has 1 N–H and O–H groups in total. The molecule has 0 fully saturated rings. The summed E-state index contributed by atoms with van der Waals surface area (Å²) in [5.74, 6) is -0.121. The quantitative estimate of drug-likeness (QED) is 0.674. The van der Waals surface area contributed by atoms with E-state index < -0.39 is 0 Å². The molecule has 0 saturated heterocycles. The molecule has 2 aromatic carbocycles. The van der Waals surface area contributed by atoms with Crippen LogP contribution in [0.2, 0.25) is 0 Å². The second kappa shape index (κ2) is 6.02. The van der Waals surface area contributed by atoms with Gasteiger partial charge in [-0.1, -0.05) is 56.4 Å². The summed E-state index contributed by atoms with van der Waals surface area (Å²) in [6.07, 6.45) is 0. The Bertz CT molecular complexity index is 863. The molecule has 0 bridgehead atoms. The van der Waals surface area contributed by atoms with Gasteiger partial charge < -0.3 is 0 Å². The van der Waals surface area contributed by atoms with Gasteiger partial charge in [-0.3, -0.25) is 10.1 Å². The number of fused-ring (bicyclic) bond motifs is 1. The number of hydrogen-bond donors (Lipinski definition) is 1. The lowest BCUT2D eigenvalue weighted by molar-refractivity contribution is 0.102. The fraction of sp³-hybridized carbons (Fsp3) is 0.300. The molecule has 124 valence electrons. The number of thiazole rings is 1. The Morgan fingerprint density at radius 2 is 1.62 bits per heavy atom. The van der Waals surface area contributed by atoms with Gasteiger partial charge in [0.15, 0.2) is 5.13 Å². The third-order valence-corrected chi connectivity index (χ3v) is 5.28. The topological polar surface area (TPSA) is 42.0 Å². The van der Waals surface area contributed by atoms with E-state index in [0.29, 0.717) is 10.7 Å². The summed E-state index contributed by atoms with van der Waals surface area (Å²) in [7, 11) is 0. The number of amides is 1. The number of rotatable bonds is 2. The average molecular weight is 338 g/mol. The largest absolute Gasteiger partial charge is 0.298 e. The number of hydrogen-bond acceptors (Lipinski definition) is 3. The van der Waals surface area contributed by atoms with E-state index in [-0.39, 0.29) is 11.3 Å². The first-order valence-electron chi connectivity index (χ1n) is 8.04. The summed E-state index contributed by atoms with van der Waals surface area (Å²) in [5, 5.41) is 3.57. The molecule has 1 heterocycles. The molecular formula is C20H22N2OS. The van der Waals surface area contributed by atoms with E-state index in [4.69, 9.17) is 0 Å². The summed E-state index contributed by atoms with van der Waals surface area (Å²) in [6.45, 7) is 10.6. The van der Waals surface area contributed by atoms with Crippen molar-refractivity contribution in [3.63, 3.8) is 0 Å². The van der Waals surface area contributed by atoms with E-state index in [9.17, 15) is 4.79 Å². The number of benzene rings is 2. The number of aryl methyl sites for hydroxylation is 2. The smallest absolute Gasteiger partial charge is 0.257 e. The maximum Gasteiger partial charge on any atom is 0.257 e. The van der Waals surface area contributed by atoms with Gasteiger partial charge in [0.2, 0.25) is 0 Å². The van der Waals surface area contributed by atoms with Crippen molar-refractivity contribution >= 4 is 32.6 Å². The van der Waals surface area contributed by atoms with Gasteiger partial charge in [-0.25, -0.2) is 4.98 Å². The van der Waals surface area contributed by atoms with Crippen LogP contribution >= 0.6 is 11.3 Å². The maximum atomic E-state index is 12.5. The number of anilines is 1. The van der Waals surface area contributed by atoms with Crippen LogP contribution in [0.25, 0.3) is 10.2 Å². The van der Waals surface area contributed by atoms with Gasteiger partial charge in [0.05, 0.1) is 10.2 Å². The molecule has 0 aliphatic heterocycles. The number of nitrogens with zero attached hydrogens (tertiary/aromatic N) is 1. The predicted molar refractivity (Wildman–Crippen MR) is 102 cm³/mol. The van der Waals surface area contributed by atoms with Crippen molar-refractivity contribution in [3.8, 4) is 0 Å². The van der Waals surface area contributed by atoms with Gasteiger partial charge in [0.1, 0.15) is 0 Å². The molecule has 0 spiro atoms. The molecule has 0 unspecified atom stereocenters. The van der Waals surface area contributed by atoms with Crippen molar-refractivity contribution < 1.29 is 4.79 Å². The summed E-state index contributed by atoms with van der Waals surface area (Å²) in [4.78, 5) is 17.1. The van der Waals surface area contributed by atoms with Crippen molar-refractivity contribution in [2.45, 2.75) is 40.0 Å². The molecule has 1 amide bonds. The summed E-state index contributed by atoms with van der Waals surface area (Å²) < 4.78 is 1.13. The zero-order valence-electron chi connectivity index (χ0n) is 14.7. The first-order chi connectivity index (χ1) is 11.3. The van der Waals surface area contributed by atoms with E-state index in [1.54, 1.807) is 0 Å². The Morgan fingerprint density at radius 1 is 1.00 bits per heavy atom. The molecule has 0 atom stereocenters. The SMILES string of the molecule is Cc1ccc(C)c2sc(NC(=O)c3ccc(C(C)(C)C)cc3)nc12. The molecule has 4 heteroatoms. The highest BCUT2D eigenvalue weighted by atomic mass is 32.1. The summed E-state index contributed by atoms with van der Waals surface area (Å²) in [5.41, 5.74) is 5.22. The molecule has 0 aliphatic rings. The Hall–Kier alpha value is -2.20. The third kappa shape index (κ3) is 3.20. The van der Waals surface area contributed by atoms with Gasteiger partial charge >= 0.3 is 0 Å². The van der Waals surface area contributed by atoms with Crippen LogP contribution < -0.4 is 5.32 Å². The normalized spacial score (nSPS) is 11.7. The van der Waals surface area contributed by atoms with Crippen LogP contribution in [0, 0.1) is 13.8 Å². The van der Waals surface area contributed by atoms with Crippen molar-refractivity contribution in [1.82, 2.24) is 4.98 Å². The molecule has 3 aromatic rings. The Morgan fingerprint density at radius 3 is 2.21 bits per heavy atom. The monoisotopic (exact) mass is 338 g/mol. The molecule has 3 rings (SSSR count). The van der Waals surface area contributed by atoms with E-state index in [0.717, 1.165) is 15.8 Å². The second-order valence-corrected chi connectivity index (χ2v) is 8.18. The van der Waals surface area contributed by atoms with Gasteiger partial charge in [-0.15, -0.1) is 0 Å². The molecule has 0 radical (unpaired) electrons. The van der Waals surface area contributed by atoms with Crippen molar-refractivity contribution in [2.24, 2.45) is 0 Å². The minimum Gasteiger partial charge on any atom is -0.298 e. The standard InChI is InChI=1S/C20H22N2OS/c1-12-6-7-13(2)17-16(12)21-19(24-17)22-18(23)14-8-10-15(11-9-14)20(3,4)5/h6-11H,1-5H3,(H,21,22,23). The fourth-order valence-electron chi connectivity index (χ4n) is 2.60. The molecule has 24 heavy (non-hydrogen) atoms. The number of carbonyl (C=O) groups is 1. The average Bonchev–Trinajstić information content (AvgIpc) is 2.95. The molecule has 1 aromatic heterocycles. The lowest BCUT2D eigenvalue weighted by atomic mass is 9.87. The van der Waals surface area contributed by atoms with Crippen LogP contribution in [0.15, 0.2) is 36.4 Å². The van der Waals surface area contributed by atoms with Crippen LogP contribution in [0.5, 0.6) is 0 Å². The van der Waals surface area contributed by atoms with Crippen molar-refractivity contribution in [1.29, 1.82) is 0 Å². The summed E-state index contributed by atoms with van der Waals surface area (Å²) in [6, 6.07) is 11.9. The first-order valence-corrected chi connectivity index (χ1v) is 8.86. The van der Waals surface area contributed by atoms with Gasteiger partial charge in [-0.05, 0) is 48.1 Å². The van der Waals surface area contributed by atoms with Crippen molar-refractivity contribution in [2.75, 3.05) is 5.32 Å². The number of nitrogens with one attached hydrogen (secondary N) is 1. The highest BCUT2D eigenvalue weighted by Gasteiger charge is 2.15. The Balaban J connectivity index is 1.85. The van der Waals surface area contributed by atoms with E-state index in [1.807, 2.05) is 31.2 Å². The van der Waals surface area contributed by atoms with Crippen LogP contribution in [0.1, 0.15) is 47.8 Å². The predicted octanol–water partition coefficient (Wildman–Crippen LogP) is 5.46. The van der Waals surface area contributed by atoms with Crippen LogP contribution in [0.4, 0.5) is 5.13 Å². The van der Waals surface area contributed by atoms with E-state index in [1.165, 1.54) is 22.5 Å². The lowest BCUT2D eigenvalue weighted by Crippen LogP contribution is -2.14. The van der Waals surface area contributed by atoms with E-state index >= 15 is 0 Å². The Labute approximate surface area is 146 Å². The minimum atomic E-state index is -0.121. The third-order valence-electron chi connectivity index (χ3n) is 4.18. The first kappa shape index (κ1) is 16.7. The van der Waals surface area contributed by atoms with E-state index in [2.05, 4.69) is 50.1 Å². The molecular weight excluding hydrogens is 316 g/mol. The number of carbonyl (C=O) groups excluding carboxylic acids is 1. The Kier molecular flexibility index (Phi) is 4.18. The van der Waals surface area contributed by atoms with Gasteiger partial charge in [-0.2, -0.15) is 0 Å². The van der Waals surface area contributed by atoms with Crippen LogP contribution in [0.3, 0.4) is 0 Å². The van der Waals surface area contributed by atoms with Gasteiger partial charge in [0.25, 0.3) is 5.91 Å². The highest BCUT2D eigenvalue weighted by molar-refractivity contribution is 7.22. The minimum absolute atomic E-state index is 0.0804. The lowest BCUT2D eigenvalue weighted by Gasteiger charge is -2.18. The fourth-order valence-corrected chi connectivity index (χ4v) is 3.61. The maximum absolute atomic E-state index is 12.5. The second-order valence-electron chi connectivity index (χ2n) is 7.18. The zero-order valence-corrected chi connectivity index (χ0v) is 15.5. The van der Waals surface area contributed by atoms with Crippen LogP contribution in [-0.4, -0.2) is 10.9 Å². The van der Waals surface area contributed by atoms with Crippen molar-refractivity contribution in [3.05, 3.63) is 58.7 Å². The summed E-state index contributed by atoms with van der Waals surface area (Å²) >= 11 is 1.53. The highest BCUT2D eigenvalue weighted by Crippen LogP contribution is 2.31. The molecule has 0 aliphatic carbocycles. The zero-order chi connectivity index (χ0) is 17.5. The molecule has 0 saturated carbocycles. The van der Waals surface area contributed by atoms with Crippen LogP contribution in [-0.2, 0) is 5.41 Å².